The minimum absolute atomic E-state index is 0.145. The second-order valence-electron chi connectivity index (χ2n) is 4.79. The highest BCUT2D eigenvalue weighted by molar-refractivity contribution is 7.99. The van der Waals surface area contributed by atoms with E-state index in [9.17, 15) is 10.1 Å². The van der Waals surface area contributed by atoms with E-state index in [-0.39, 0.29) is 10.6 Å². The summed E-state index contributed by atoms with van der Waals surface area (Å²) in [5, 5.41) is 14.7. The molecule has 1 atom stereocenters. The Bertz CT molecular complexity index is 413. The summed E-state index contributed by atoms with van der Waals surface area (Å²) >= 11 is 1.85. The van der Waals surface area contributed by atoms with Gasteiger partial charge in [0.25, 0.3) is 5.69 Å². The number of benzene rings is 1. The van der Waals surface area contributed by atoms with Crippen LogP contribution >= 0.6 is 11.8 Å². The molecule has 0 radical (unpaired) electrons. The largest absolute Gasteiger partial charge is 0.370 e. The number of rotatable bonds is 10. The molecule has 1 N–H and O–H groups in total. The van der Waals surface area contributed by atoms with E-state index in [4.69, 9.17) is 0 Å². The van der Waals surface area contributed by atoms with Gasteiger partial charge in [-0.3, -0.25) is 10.1 Å². The number of hydrogen-bond donors (Lipinski definition) is 1. The number of nitro groups is 1. The molecule has 0 heterocycles. The quantitative estimate of drug-likeness (QED) is 0.284. The predicted molar refractivity (Wildman–Crippen MR) is 87.4 cm³/mol. The molecule has 112 valence electrons. The molecule has 0 saturated heterocycles. The van der Waals surface area contributed by atoms with E-state index in [0.717, 1.165) is 12.3 Å². The maximum absolute atomic E-state index is 10.9. The lowest BCUT2D eigenvalue weighted by molar-refractivity contribution is -0.383. The van der Waals surface area contributed by atoms with Crippen LogP contribution in [0.1, 0.15) is 46.0 Å². The van der Waals surface area contributed by atoms with Crippen molar-refractivity contribution in [3.05, 3.63) is 34.4 Å². The zero-order valence-corrected chi connectivity index (χ0v) is 13.1. The zero-order chi connectivity index (χ0) is 14.8. The van der Waals surface area contributed by atoms with Crippen molar-refractivity contribution in [2.45, 2.75) is 51.2 Å². The lowest BCUT2D eigenvalue weighted by atomic mass is 10.1. The Labute approximate surface area is 125 Å². The highest BCUT2D eigenvalue weighted by atomic mass is 32.2. The topological polar surface area (TPSA) is 55.2 Å². The van der Waals surface area contributed by atoms with Crippen LogP contribution in [0.5, 0.6) is 0 Å². The van der Waals surface area contributed by atoms with Crippen molar-refractivity contribution in [2.24, 2.45) is 0 Å². The van der Waals surface area contributed by atoms with Crippen LogP contribution in [-0.2, 0) is 0 Å². The molecule has 0 bridgehead atoms. The molecule has 5 heteroatoms. The highest BCUT2D eigenvalue weighted by Gasteiger charge is 2.12. The van der Waals surface area contributed by atoms with Crippen LogP contribution in [0.2, 0.25) is 0 Å². The van der Waals surface area contributed by atoms with Gasteiger partial charge in [0, 0.05) is 11.3 Å². The van der Waals surface area contributed by atoms with Crippen LogP contribution in [-0.4, -0.2) is 16.1 Å². The number of thioether (sulfide) groups is 1. The van der Waals surface area contributed by atoms with E-state index < -0.39 is 0 Å². The van der Waals surface area contributed by atoms with Crippen molar-refractivity contribution in [3.63, 3.8) is 0 Å². The summed E-state index contributed by atoms with van der Waals surface area (Å²) in [7, 11) is 0. The second-order valence-corrected chi connectivity index (χ2v) is 6.08. The summed E-state index contributed by atoms with van der Waals surface area (Å²) in [6.45, 7) is 4.42. The molecule has 20 heavy (non-hydrogen) atoms. The third-order valence-electron chi connectivity index (χ3n) is 3.27. The molecule has 0 spiro atoms. The molecule has 1 aromatic rings. The van der Waals surface area contributed by atoms with Gasteiger partial charge in [-0.2, -0.15) is 0 Å². The van der Waals surface area contributed by atoms with Gasteiger partial charge in [-0.05, 0) is 18.9 Å². The average Bonchev–Trinajstić information content (AvgIpc) is 2.46. The van der Waals surface area contributed by atoms with Gasteiger partial charge < -0.3 is 5.32 Å². The molecule has 1 rings (SSSR count). The SMILES string of the molecule is CCCCC[C@H](CC)SCNc1ccccc1[N+](=O)[O-]. The van der Waals surface area contributed by atoms with Crippen LogP contribution < -0.4 is 5.32 Å². The molecular formula is C15H24N2O2S. The Kier molecular flexibility index (Phi) is 8.11. The first-order chi connectivity index (χ1) is 9.69. The molecule has 0 fully saturated rings. The summed E-state index contributed by atoms with van der Waals surface area (Å²) in [5.41, 5.74) is 0.751. The fourth-order valence-electron chi connectivity index (χ4n) is 2.05. The minimum Gasteiger partial charge on any atom is -0.370 e. The van der Waals surface area contributed by atoms with Gasteiger partial charge in [-0.15, -0.1) is 11.8 Å². The summed E-state index contributed by atoms with van der Waals surface area (Å²) in [4.78, 5) is 10.6. The van der Waals surface area contributed by atoms with Crippen LogP contribution in [0.4, 0.5) is 11.4 Å². The Morgan fingerprint density at radius 3 is 2.70 bits per heavy atom. The Balaban J connectivity index is 2.41. The molecule has 0 saturated carbocycles. The van der Waals surface area contributed by atoms with Crippen molar-refractivity contribution in [2.75, 3.05) is 11.2 Å². The molecule has 0 aliphatic heterocycles. The van der Waals surface area contributed by atoms with Crippen molar-refractivity contribution in [3.8, 4) is 0 Å². The van der Waals surface area contributed by atoms with Crippen LogP contribution in [0, 0.1) is 10.1 Å². The third kappa shape index (κ3) is 5.82. The minimum atomic E-state index is -0.342. The first-order valence-corrected chi connectivity index (χ1v) is 8.32. The lowest BCUT2D eigenvalue weighted by Gasteiger charge is -2.15. The molecule has 0 aliphatic rings. The van der Waals surface area contributed by atoms with Crippen molar-refractivity contribution in [1.29, 1.82) is 0 Å². The first-order valence-electron chi connectivity index (χ1n) is 7.27. The fraction of sp³-hybridized carbons (Fsp3) is 0.600. The summed E-state index contributed by atoms with van der Waals surface area (Å²) in [5.74, 6) is 0.718. The van der Waals surface area contributed by atoms with E-state index in [1.165, 1.54) is 31.7 Å². The van der Waals surface area contributed by atoms with E-state index in [0.29, 0.717) is 10.9 Å². The van der Waals surface area contributed by atoms with Gasteiger partial charge in [0.1, 0.15) is 5.69 Å². The number of hydrogen-bond acceptors (Lipinski definition) is 4. The Morgan fingerprint density at radius 1 is 1.30 bits per heavy atom. The Morgan fingerprint density at radius 2 is 2.05 bits per heavy atom. The normalized spacial score (nSPS) is 12.1. The van der Waals surface area contributed by atoms with Crippen molar-refractivity contribution < 1.29 is 4.92 Å². The van der Waals surface area contributed by atoms with Crippen molar-refractivity contribution in [1.82, 2.24) is 0 Å². The Hall–Kier alpha value is -1.23. The number of anilines is 1. The summed E-state index contributed by atoms with van der Waals surface area (Å²) in [6, 6.07) is 6.80. The maximum Gasteiger partial charge on any atom is 0.292 e. The summed E-state index contributed by atoms with van der Waals surface area (Å²) in [6.07, 6.45) is 6.18. The molecule has 0 unspecified atom stereocenters. The maximum atomic E-state index is 10.9. The number of unbranched alkanes of at least 4 members (excludes halogenated alkanes) is 2. The molecule has 4 nitrogen and oxygen atoms in total. The second kappa shape index (κ2) is 9.64. The van der Waals surface area contributed by atoms with E-state index in [1.807, 2.05) is 17.8 Å². The number of nitro benzene ring substituents is 1. The highest BCUT2D eigenvalue weighted by Crippen LogP contribution is 2.26. The predicted octanol–water partition coefficient (Wildman–Crippen LogP) is 5.06. The average molecular weight is 296 g/mol. The molecule has 1 aromatic carbocycles. The van der Waals surface area contributed by atoms with Crippen LogP contribution in [0.15, 0.2) is 24.3 Å². The van der Waals surface area contributed by atoms with Gasteiger partial charge >= 0.3 is 0 Å². The molecule has 0 amide bonds. The monoisotopic (exact) mass is 296 g/mol. The van der Waals surface area contributed by atoms with Crippen LogP contribution in [0.25, 0.3) is 0 Å². The van der Waals surface area contributed by atoms with E-state index in [2.05, 4.69) is 19.2 Å². The third-order valence-corrected chi connectivity index (χ3v) is 4.62. The zero-order valence-electron chi connectivity index (χ0n) is 12.3. The van der Waals surface area contributed by atoms with Crippen molar-refractivity contribution >= 4 is 23.1 Å². The van der Waals surface area contributed by atoms with Gasteiger partial charge in [0.15, 0.2) is 0 Å². The molecule has 0 aliphatic carbocycles. The fourth-order valence-corrected chi connectivity index (χ4v) is 3.09. The summed E-state index contributed by atoms with van der Waals surface area (Å²) < 4.78 is 0. The standard InChI is InChI=1S/C15H24N2O2S/c1-3-5-6-9-13(4-2)20-12-16-14-10-7-8-11-15(14)17(18)19/h7-8,10-11,13,16H,3-6,9,12H2,1-2H3/t13-/m0/s1. The van der Waals surface area contributed by atoms with Gasteiger partial charge in [-0.25, -0.2) is 0 Å². The number of para-hydroxylation sites is 2. The number of nitrogens with zero attached hydrogens (tertiary/aromatic N) is 1. The smallest absolute Gasteiger partial charge is 0.292 e. The van der Waals surface area contributed by atoms with Crippen LogP contribution in [0.3, 0.4) is 0 Å². The molecular weight excluding hydrogens is 272 g/mol. The van der Waals surface area contributed by atoms with E-state index >= 15 is 0 Å². The van der Waals surface area contributed by atoms with Gasteiger partial charge in [0.2, 0.25) is 0 Å². The first kappa shape index (κ1) is 16.8. The number of nitrogens with one attached hydrogen (secondary N) is 1. The van der Waals surface area contributed by atoms with E-state index in [1.54, 1.807) is 12.1 Å². The van der Waals surface area contributed by atoms with Gasteiger partial charge in [-0.1, -0.05) is 45.2 Å². The lowest BCUT2D eigenvalue weighted by Crippen LogP contribution is -2.07. The van der Waals surface area contributed by atoms with Gasteiger partial charge in [0.05, 0.1) is 10.8 Å². The molecule has 0 aromatic heterocycles.